The topological polar surface area (TPSA) is 80.9 Å². The SMILES string of the molecule is Cc1ccc(CNC(=O)Cc2csc(N)n2)cn1. The second-order valence-corrected chi connectivity index (χ2v) is 4.83. The molecule has 0 bridgehead atoms. The number of pyridine rings is 1. The molecule has 2 aromatic rings. The number of thiazole rings is 1. The molecule has 0 spiro atoms. The predicted molar refractivity (Wildman–Crippen MR) is 71.1 cm³/mol. The molecule has 0 aliphatic rings. The third-order valence-corrected chi connectivity index (χ3v) is 3.10. The minimum atomic E-state index is -0.0686. The quantitative estimate of drug-likeness (QED) is 0.870. The molecule has 18 heavy (non-hydrogen) atoms. The molecule has 0 aliphatic carbocycles. The standard InChI is InChI=1S/C12H14N4OS/c1-8-2-3-9(5-14-8)6-15-11(17)4-10-7-18-12(13)16-10/h2-3,5,7H,4,6H2,1H3,(H2,13,16)(H,15,17). The van der Waals surface area contributed by atoms with Gasteiger partial charge in [-0.25, -0.2) is 4.98 Å². The zero-order valence-corrected chi connectivity index (χ0v) is 10.8. The maximum Gasteiger partial charge on any atom is 0.226 e. The molecular formula is C12H14N4OS. The van der Waals surface area contributed by atoms with Gasteiger partial charge < -0.3 is 11.1 Å². The fraction of sp³-hybridized carbons (Fsp3) is 0.250. The Bertz CT molecular complexity index is 535. The molecule has 0 atom stereocenters. The summed E-state index contributed by atoms with van der Waals surface area (Å²) in [6.45, 7) is 2.40. The van der Waals surface area contributed by atoms with Crippen LogP contribution in [0, 0.1) is 6.92 Å². The smallest absolute Gasteiger partial charge is 0.226 e. The number of nitrogens with one attached hydrogen (secondary N) is 1. The molecular weight excluding hydrogens is 248 g/mol. The Hall–Kier alpha value is -1.95. The summed E-state index contributed by atoms with van der Waals surface area (Å²) >= 11 is 1.34. The lowest BCUT2D eigenvalue weighted by atomic mass is 10.2. The number of carbonyl (C=O) groups is 1. The molecule has 2 aromatic heterocycles. The van der Waals surface area contributed by atoms with Crippen LogP contribution in [-0.2, 0) is 17.8 Å². The molecule has 2 rings (SSSR count). The van der Waals surface area contributed by atoms with Crippen molar-refractivity contribution < 1.29 is 4.79 Å². The molecule has 0 aromatic carbocycles. The van der Waals surface area contributed by atoms with Crippen molar-refractivity contribution in [2.45, 2.75) is 19.9 Å². The van der Waals surface area contributed by atoms with Gasteiger partial charge in [0.1, 0.15) is 0 Å². The summed E-state index contributed by atoms with van der Waals surface area (Å²) in [6, 6.07) is 3.87. The molecule has 5 nitrogen and oxygen atoms in total. The van der Waals surface area contributed by atoms with Crippen LogP contribution in [0.25, 0.3) is 0 Å². The van der Waals surface area contributed by atoms with Crippen molar-refractivity contribution in [2.24, 2.45) is 0 Å². The molecule has 0 radical (unpaired) electrons. The second kappa shape index (κ2) is 5.59. The van der Waals surface area contributed by atoms with Crippen LogP contribution >= 0.6 is 11.3 Å². The zero-order chi connectivity index (χ0) is 13.0. The molecule has 0 saturated heterocycles. The maximum absolute atomic E-state index is 11.7. The molecule has 1 amide bonds. The van der Waals surface area contributed by atoms with E-state index in [4.69, 9.17) is 5.73 Å². The van der Waals surface area contributed by atoms with Gasteiger partial charge in [0.25, 0.3) is 0 Å². The Labute approximate surface area is 109 Å². The van der Waals surface area contributed by atoms with E-state index in [9.17, 15) is 4.79 Å². The number of rotatable bonds is 4. The fourth-order valence-corrected chi connectivity index (χ4v) is 2.00. The average molecular weight is 262 g/mol. The number of nitrogens with two attached hydrogens (primary N) is 1. The Kier molecular flexibility index (Phi) is 3.88. The van der Waals surface area contributed by atoms with Crippen LogP contribution < -0.4 is 11.1 Å². The Morgan fingerprint density at radius 2 is 2.33 bits per heavy atom. The number of aryl methyl sites for hydroxylation is 1. The van der Waals surface area contributed by atoms with Crippen LogP contribution in [0.15, 0.2) is 23.7 Å². The Morgan fingerprint density at radius 1 is 1.50 bits per heavy atom. The van der Waals surface area contributed by atoms with Gasteiger partial charge in [-0.3, -0.25) is 9.78 Å². The molecule has 3 N–H and O–H groups in total. The highest BCUT2D eigenvalue weighted by molar-refractivity contribution is 7.13. The maximum atomic E-state index is 11.7. The molecule has 6 heteroatoms. The van der Waals surface area contributed by atoms with Crippen LogP contribution in [0.5, 0.6) is 0 Å². The van der Waals surface area contributed by atoms with Crippen molar-refractivity contribution in [2.75, 3.05) is 5.73 Å². The minimum Gasteiger partial charge on any atom is -0.375 e. The van der Waals surface area contributed by atoms with Crippen LogP contribution in [0.1, 0.15) is 17.0 Å². The van der Waals surface area contributed by atoms with E-state index in [1.54, 1.807) is 11.6 Å². The normalized spacial score (nSPS) is 10.3. The van der Waals surface area contributed by atoms with E-state index in [1.165, 1.54) is 11.3 Å². The first kappa shape index (κ1) is 12.5. The minimum absolute atomic E-state index is 0.0686. The second-order valence-electron chi connectivity index (χ2n) is 3.94. The molecule has 0 saturated carbocycles. The Morgan fingerprint density at radius 3 is 2.94 bits per heavy atom. The summed E-state index contributed by atoms with van der Waals surface area (Å²) in [5.74, 6) is -0.0686. The van der Waals surface area contributed by atoms with E-state index >= 15 is 0 Å². The fourth-order valence-electron chi connectivity index (χ4n) is 1.43. The van der Waals surface area contributed by atoms with Crippen molar-refractivity contribution in [1.29, 1.82) is 0 Å². The number of hydrogen-bond donors (Lipinski definition) is 2. The number of amides is 1. The van der Waals surface area contributed by atoms with Crippen LogP contribution in [-0.4, -0.2) is 15.9 Å². The van der Waals surface area contributed by atoms with Gasteiger partial charge in [-0.05, 0) is 18.6 Å². The van der Waals surface area contributed by atoms with E-state index in [0.717, 1.165) is 11.3 Å². The number of anilines is 1. The summed E-state index contributed by atoms with van der Waals surface area (Å²) in [4.78, 5) is 19.9. The van der Waals surface area contributed by atoms with Gasteiger partial charge in [0, 0.05) is 23.8 Å². The molecule has 2 heterocycles. The van der Waals surface area contributed by atoms with Gasteiger partial charge in [0.2, 0.25) is 5.91 Å². The van der Waals surface area contributed by atoms with Crippen molar-refractivity contribution in [3.05, 3.63) is 40.7 Å². The van der Waals surface area contributed by atoms with E-state index in [2.05, 4.69) is 15.3 Å². The van der Waals surface area contributed by atoms with Gasteiger partial charge in [-0.15, -0.1) is 11.3 Å². The molecule has 0 unspecified atom stereocenters. The highest BCUT2D eigenvalue weighted by Gasteiger charge is 2.06. The van der Waals surface area contributed by atoms with Gasteiger partial charge in [-0.2, -0.15) is 0 Å². The summed E-state index contributed by atoms with van der Waals surface area (Å²) in [7, 11) is 0. The summed E-state index contributed by atoms with van der Waals surface area (Å²) in [5, 5.41) is 5.10. The molecule has 0 fully saturated rings. The highest BCUT2D eigenvalue weighted by Crippen LogP contribution is 2.11. The van der Waals surface area contributed by atoms with Gasteiger partial charge in [0.15, 0.2) is 5.13 Å². The van der Waals surface area contributed by atoms with E-state index in [-0.39, 0.29) is 12.3 Å². The largest absolute Gasteiger partial charge is 0.375 e. The monoisotopic (exact) mass is 262 g/mol. The summed E-state index contributed by atoms with van der Waals surface area (Å²) < 4.78 is 0. The third-order valence-electron chi connectivity index (χ3n) is 2.37. The van der Waals surface area contributed by atoms with Gasteiger partial charge >= 0.3 is 0 Å². The lowest BCUT2D eigenvalue weighted by molar-refractivity contribution is -0.120. The van der Waals surface area contributed by atoms with Gasteiger partial charge in [0.05, 0.1) is 12.1 Å². The van der Waals surface area contributed by atoms with Crippen molar-refractivity contribution in [1.82, 2.24) is 15.3 Å². The highest BCUT2D eigenvalue weighted by atomic mass is 32.1. The lowest BCUT2D eigenvalue weighted by Gasteiger charge is -2.04. The Balaban J connectivity index is 1.83. The summed E-state index contributed by atoms with van der Waals surface area (Å²) in [5.41, 5.74) is 8.15. The average Bonchev–Trinajstić information content (AvgIpc) is 2.74. The zero-order valence-electron chi connectivity index (χ0n) is 10.0. The van der Waals surface area contributed by atoms with Gasteiger partial charge in [-0.1, -0.05) is 6.07 Å². The van der Waals surface area contributed by atoms with E-state index < -0.39 is 0 Å². The van der Waals surface area contributed by atoms with Crippen LogP contribution in [0.3, 0.4) is 0 Å². The lowest BCUT2D eigenvalue weighted by Crippen LogP contribution is -2.24. The first-order valence-electron chi connectivity index (χ1n) is 5.51. The summed E-state index contributed by atoms with van der Waals surface area (Å²) in [6.07, 6.45) is 2.02. The number of carbonyl (C=O) groups excluding carboxylic acids is 1. The number of aromatic nitrogens is 2. The van der Waals surface area contributed by atoms with Crippen molar-refractivity contribution >= 4 is 22.4 Å². The first-order valence-corrected chi connectivity index (χ1v) is 6.39. The number of hydrogen-bond acceptors (Lipinski definition) is 5. The van der Waals surface area contributed by atoms with Crippen LogP contribution in [0.4, 0.5) is 5.13 Å². The third kappa shape index (κ3) is 3.53. The molecule has 0 aliphatic heterocycles. The van der Waals surface area contributed by atoms with Crippen LogP contribution in [0.2, 0.25) is 0 Å². The predicted octanol–water partition coefficient (Wildman–Crippen LogP) is 1.29. The van der Waals surface area contributed by atoms with Crippen molar-refractivity contribution in [3.8, 4) is 0 Å². The van der Waals surface area contributed by atoms with E-state index in [1.807, 2.05) is 19.1 Å². The van der Waals surface area contributed by atoms with E-state index in [0.29, 0.717) is 17.4 Å². The number of nitrogen functional groups attached to an aromatic ring is 1. The molecule has 94 valence electrons. The number of nitrogens with zero attached hydrogens (tertiary/aromatic N) is 2. The van der Waals surface area contributed by atoms with Crippen molar-refractivity contribution in [3.63, 3.8) is 0 Å². The first-order chi connectivity index (χ1) is 8.63.